The van der Waals surface area contributed by atoms with Crippen LogP contribution in [0.2, 0.25) is 0 Å². The molecule has 7 heteroatoms. The summed E-state index contributed by atoms with van der Waals surface area (Å²) in [6.45, 7) is 0.181. The second kappa shape index (κ2) is 7.68. The third kappa shape index (κ3) is 4.68. The Hall–Kier alpha value is -2.70. The van der Waals surface area contributed by atoms with Gasteiger partial charge in [0.1, 0.15) is 6.61 Å². The van der Waals surface area contributed by atoms with E-state index in [1.807, 2.05) is 30.3 Å². The Morgan fingerprint density at radius 3 is 2.35 bits per heavy atom. The van der Waals surface area contributed by atoms with Gasteiger partial charge < -0.3 is 15.4 Å². The van der Waals surface area contributed by atoms with Crippen LogP contribution in [0.3, 0.4) is 0 Å². The molecule has 0 atom stereocenters. The maximum absolute atomic E-state index is 13.0. The van der Waals surface area contributed by atoms with Crippen LogP contribution < -0.4 is 10.6 Å². The Balaban J connectivity index is 1.43. The third-order valence-corrected chi connectivity index (χ3v) is 4.26. The summed E-state index contributed by atoms with van der Waals surface area (Å²) in [6, 6.07) is 14.5. The van der Waals surface area contributed by atoms with E-state index in [0.717, 1.165) is 11.6 Å². The van der Waals surface area contributed by atoms with Crippen LogP contribution in [0.25, 0.3) is 0 Å². The summed E-state index contributed by atoms with van der Waals surface area (Å²) in [5.41, 5.74) is 0.272. The Bertz CT molecular complexity index is 744. The first-order chi connectivity index (χ1) is 12.4. The lowest BCUT2D eigenvalue weighted by Crippen LogP contribution is -2.49. The van der Waals surface area contributed by atoms with E-state index in [9.17, 15) is 18.0 Å². The monoisotopic (exact) mass is 364 g/mol. The number of alkyl carbamates (subject to hydrolysis) is 1. The molecule has 138 valence electrons. The lowest BCUT2D eigenvalue weighted by atomic mass is 9.86. The van der Waals surface area contributed by atoms with E-state index in [4.69, 9.17) is 4.74 Å². The molecule has 26 heavy (non-hydrogen) atoms. The predicted molar refractivity (Wildman–Crippen MR) is 91.6 cm³/mol. The van der Waals surface area contributed by atoms with Gasteiger partial charge in [-0.05, 0) is 30.5 Å². The van der Waals surface area contributed by atoms with Crippen molar-refractivity contribution < 1.29 is 22.7 Å². The molecule has 0 unspecified atom stereocenters. The molecule has 0 saturated heterocycles. The molecule has 1 fully saturated rings. The molecule has 0 aliphatic heterocycles. The van der Waals surface area contributed by atoms with Crippen molar-refractivity contribution in [2.24, 2.45) is 0 Å². The summed E-state index contributed by atoms with van der Waals surface area (Å²) in [6.07, 6.45) is -3.82. The minimum atomic E-state index is -4.40. The molecule has 1 aliphatic carbocycles. The molecule has 0 heterocycles. The number of amides is 1. The highest BCUT2D eigenvalue weighted by Crippen LogP contribution is 2.36. The smallest absolute Gasteiger partial charge is 0.418 e. The molecule has 1 saturated carbocycles. The summed E-state index contributed by atoms with van der Waals surface area (Å²) in [5.74, 6) is 0. The average molecular weight is 364 g/mol. The number of alkyl halides is 3. The van der Waals surface area contributed by atoms with Crippen molar-refractivity contribution in [3.05, 3.63) is 65.7 Å². The molecular formula is C19H19F3N2O2. The van der Waals surface area contributed by atoms with Gasteiger partial charge in [-0.2, -0.15) is 13.2 Å². The Morgan fingerprint density at radius 2 is 1.65 bits per heavy atom. The maximum Gasteiger partial charge on any atom is 0.418 e. The highest BCUT2D eigenvalue weighted by atomic mass is 19.4. The van der Waals surface area contributed by atoms with Crippen molar-refractivity contribution in [3.8, 4) is 0 Å². The van der Waals surface area contributed by atoms with Crippen molar-refractivity contribution in [1.29, 1.82) is 0 Å². The van der Waals surface area contributed by atoms with Crippen LogP contribution in [-0.2, 0) is 17.5 Å². The number of carbonyl (C=O) groups excluding carboxylic acids is 1. The Labute approximate surface area is 149 Å². The van der Waals surface area contributed by atoms with Crippen LogP contribution in [0.4, 0.5) is 23.7 Å². The van der Waals surface area contributed by atoms with Crippen molar-refractivity contribution in [3.63, 3.8) is 0 Å². The van der Waals surface area contributed by atoms with Crippen molar-refractivity contribution in [2.45, 2.75) is 37.7 Å². The lowest BCUT2D eigenvalue weighted by Gasteiger charge is -2.37. The standard InChI is InChI=1S/C19H19F3N2O2/c20-19(21,22)16-8-4-5-9-17(16)23-14-10-15(11-14)24-18(25)26-12-13-6-2-1-3-7-13/h1-9,14-15,23H,10-12H2,(H,24,25). The van der Waals surface area contributed by atoms with Crippen LogP contribution in [-0.4, -0.2) is 18.2 Å². The van der Waals surface area contributed by atoms with Crippen LogP contribution in [0, 0.1) is 0 Å². The summed E-state index contributed by atoms with van der Waals surface area (Å²) in [5, 5.41) is 5.63. The zero-order chi connectivity index (χ0) is 18.6. The highest BCUT2D eigenvalue weighted by Gasteiger charge is 2.36. The first-order valence-electron chi connectivity index (χ1n) is 8.32. The van der Waals surface area contributed by atoms with E-state index in [2.05, 4.69) is 10.6 Å². The molecule has 0 radical (unpaired) electrons. The molecule has 2 aromatic carbocycles. The van der Waals surface area contributed by atoms with Gasteiger partial charge in [0.15, 0.2) is 0 Å². The largest absolute Gasteiger partial charge is 0.445 e. The predicted octanol–water partition coefficient (Wildman–Crippen LogP) is 4.57. The van der Waals surface area contributed by atoms with Gasteiger partial charge in [0.25, 0.3) is 0 Å². The molecule has 1 aliphatic rings. The highest BCUT2D eigenvalue weighted by molar-refractivity contribution is 5.68. The summed E-state index contributed by atoms with van der Waals surface area (Å²) in [7, 11) is 0. The quantitative estimate of drug-likeness (QED) is 0.817. The second-order valence-electron chi connectivity index (χ2n) is 6.26. The number of hydrogen-bond acceptors (Lipinski definition) is 3. The number of benzene rings is 2. The zero-order valence-corrected chi connectivity index (χ0v) is 13.9. The van der Waals surface area contributed by atoms with Crippen LogP contribution in [0.15, 0.2) is 54.6 Å². The first kappa shape index (κ1) is 18.1. The van der Waals surface area contributed by atoms with E-state index in [-0.39, 0.29) is 24.4 Å². The van der Waals surface area contributed by atoms with Gasteiger partial charge >= 0.3 is 12.3 Å². The molecule has 2 N–H and O–H groups in total. The number of carbonyl (C=O) groups is 1. The third-order valence-electron chi connectivity index (χ3n) is 4.26. The van der Waals surface area contributed by atoms with Gasteiger partial charge in [0, 0.05) is 17.8 Å². The fourth-order valence-electron chi connectivity index (χ4n) is 2.86. The fraction of sp³-hybridized carbons (Fsp3) is 0.316. The molecule has 0 aromatic heterocycles. The number of ether oxygens (including phenoxy) is 1. The fourth-order valence-corrected chi connectivity index (χ4v) is 2.86. The van der Waals surface area contributed by atoms with Gasteiger partial charge in [-0.25, -0.2) is 4.79 Å². The summed E-state index contributed by atoms with van der Waals surface area (Å²) in [4.78, 5) is 11.8. The van der Waals surface area contributed by atoms with Crippen LogP contribution >= 0.6 is 0 Å². The van der Waals surface area contributed by atoms with E-state index < -0.39 is 17.8 Å². The minimum Gasteiger partial charge on any atom is -0.445 e. The summed E-state index contributed by atoms with van der Waals surface area (Å²) >= 11 is 0. The number of rotatable bonds is 5. The van der Waals surface area contributed by atoms with Crippen molar-refractivity contribution >= 4 is 11.8 Å². The molecule has 0 bridgehead atoms. The van der Waals surface area contributed by atoms with E-state index in [1.165, 1.54) is 12.1 Å². The number of halogens is 3. The van der Waals surface area contributed by atoms with Crippen molar-refractivity contribution in [1.82, 2.24) is 5.32 Å². The van der Waals surface area contributed by atoms with Crippen LogP contribution in [0.1, 0.15) is 24.0 Å². The van der Waals surface area contributed by atoms with Gasteiger partial charge in [0.2, 0.25) is 0 Å². The molecule has 4 nitrogen and oxygen atoms in total. The van der Waals surface area contributed by atoms with E-state index in [0.29, 0.717) is 12.8 Å². The van der Waals surface area contributed by atoms with E-state index in [1.54, 1.807) is 6.07 Å². The minimum absolute atomic E-state index is 0.0649. The summed E-state index contributed by atoms with van der Waals surface area (Å²) < 4.78 is 44.1. The normalized spacial score (nSPS) is 19.3. The molecule has 2 aromatic rings. The topological polar surface area (TPSA) is 50.4 Å². The number of para-hydroxylation sites is 1. The Kier molecular flexibility index (Phi) is 5.35. The number of anilines is 1. The zero-order valence-electron chi connectivity index (χ0n) is 13.9. The van der Waals surface area contributed by atoms with E-state index >= 15 is 0 Å². The molecule has 3 rings (SSSR count). The van der Waals surface area contributed by atoms with Gasteiger partial charge in [-0.1, -0.05) is 42.5 Å². The van der Waals surface area contributed by atoms with Gasteiger partial charge in [0.05, 0.1) is 5.56 Å². The first-order valence-corrected chi connectivity index (χ1v) is 8.32. The molecule has 0 spiro atoms. The lowest BCUT2D eigenvalue weighted by molar-refractivity contribution is -0.137. The van der Waals surface area contributed by atoms with Crippen molar-refractivity contribution in [2.75, 3.05) is 5.32 Å². The SMILES string of the molecule is O=C(NC1CC(Nc2ccccc2C(F)(F)F)C1)OCc1ccccc1. The van der Waals surface area contributed by atoms with Gasteiger partial charge in [-0.3, -0.25) is 0 Å². The number of nitrogens with one attached hydrogen (secondary N) is 2. The molecule has 1 amide bonds. The Morgan fingerprint density at radius 1 is 1.00 bits per heavy atom. The molecular weight excluding hydrogens is 345 g/mol. The second-order valence-corrected chi connectivity index (χ2v) is 6.26. The van der Waals surface area contributed by atoms with Crippen LogP contribution in [0.5, 0.6) is 0 Å². The number of hydrogen-bond donors (Lipinski definition) is 2. The van der Waals surface area contributed by atoms with Gasteiger partial charge in [-0.15, -0.1) is 0 Å². The average Bonchev–Trinajstić information content (AvgIpc) is 2.58. The maximum atomic E-state index is 13.0.